The van der Waals surface area contributed by atoms with Crippen molar-refractivity contribution in [2.45, 2.75) is 45.1 Å². The molecule has 3 rings (SSSR count). The Labute approximate surface area is 92.5 Å². The van der Waals surface area contributed by atoms with Crippen LogP contribution < -0.4 is 5.32 Å². The van der Waals surface area contributed by atoms with E-state index in [-0.39, 0.29) is 0 Å². The van der Waals surface area contributed by atoms with Crippen molar-refractivity contribution in [2.75, 3.05) is 13.1 Å². The molecule has 0 radical (unpaired) electrons. The molecule has 2 heteroatoms. The van der Waals surface area contributed by atoms with E-state index < -0.39 is 0 Å². The molecule has 0 amide bonds. The van der Waals surface area contributed by atoms with Crippen molar-refractivity contribution in [1.29, 1.82) is 0 Å². The number of fused-ring (bicyclic) bond motifs is 2. The van der Waals surface area contributed by atoms with Crippen LogP contribution in [0.5, 0.6) is 0 Å². The van der Waals surface area contributed by atoms with Gasteiger partial charge in [-0.1, -0.05) is 6.92 Å². The van der Waals surface area contributed by atoms with Crippen molar-refractivity contribution >= 4 is 5.71 Å². The molecule has 4 atom stereocenters. The van der Waals surface area contributed by atoms with Crippen LogP contribution in [0.4, 0.5) is 0 Å². The van der Waals surface area contributed by atoms with Crippen LogP contribution in [0.25, 0.3) is 0 Å². The molecule has 2 aliphatic heterocycles. The van der Waals surface area contributed by atoms with Crippen molar-refractivity contribution in [1.82, 2.24) is 5.32 Å². The number of nitrogens with zero attached hydrogens (tertiary/aromatic N) is 1. The number of aliphatic imine (C=N–C) groups is 1. The van der Waals surface area contributed by atoms with E-state index in [4.69, 9.17) is 4.99 Å². The van der Waals surface area contributed by atoms with Crippen molar-refractivity contribution < 1.29 is 0 Å². The maximum absolute atomic E-state index is 4.97. The number of hydrogen-bond acceptors (Lipinski definition) is 2. The predicted octanol–water partition coefficient (Wildman–Crippen LogP) is 2.25. The number of hydrogen-bond donors (Lipinski definition) is 1. The molecule has 1 saturated heterocycles. The number of rotatable bonds is 1. The van der Waals surface area contributed by atoms with Crippen LogP contribution in [0.15, 0.2) is 4.99 Å². The van der Waals surface area contributed by atoms with Crippen molar-refractivity contribution in [3.8, 4) is 0 Å². The van der Waals surface area contributed by atoms with E-state index >= 15 is 0 Å². The lowest BCUT2D eigenvalue weighted by atomic mass is 9.71. The molecule has 15 heavy (non-hydrogen) atoms. The molecular formula is C13H22N2. The summed E-state index contributed by atoms with van der Waals surface area (Å²) in [5, 5.41) is 3.54. The molecule has 1 N–H and O–H groups in total. The van der Waals surface area contributed by atoms with Crippen LogP contribution in [-0.4, -0.2) is 24.8 Å². The molecule has 2 unspecified atom stereocenters. The highest BCUT2D eigenvalue weighted by Crippen LogP contribution is 2.39. The Morgan fingerprint density at radius 2 is 2.13 bits per heavy atom. The quantitative estimate of drug-likeness (QED) is 0.699. The summed E-state index contributed by atoms with van der Waals surface area (Å²) < 4.78 is 0. The Bertz CT molecular complexity index is 272. The van der Waals surface area contributed by atoms with Crippen molar-refractivity contribution in [3.63, 3.8) is 0 Å². The molecule has 2 fully saturated rings. The van der Waals surface area contributed by atoms with Crippen LogP contribution in [0.3, 0.4) is 0 Å². The van der Waals surface area contributed by atoms with E-state index in [1.807, 2.05) is 0 Å². The maximum Gasteiger partial charge on any atom is 0.0496 e. The Kier molecular flexibility index (Phi) is 2.55. The Hall–Kier alpha value is -0.370. The first-order valence-corrected chi connectivity index (χ1v) is 6.64. The molecule has 84 valence electrons. The second-order valence-corrected chi connectivity index (χ2v) is 5.58. The zero-order valence-corrected chi connectivity index (χ0v) is 9.71. The first-order valence-electron chi connectivity index (χ1n) is 6.64. The van der Waals surface area contributed by atoms with Gasteiger partial charge in [-0.05, 0) is 62.9 Å². The molecule has 0 aromatic heterocycles. The van der Waals surface area contributed by atoms with Gasteiger partial charge in [-0.15, -0.1) is 0 Å². The minimum atomic E-state index is 0.655. The van der Waals surface area contributed by atoms with E-state index in [9.17, 15) is 0 Å². The lowest BCUT2D eigenvalue weighted by molar-refractivity contribution is 0.301. The van der Waals surface area contributed by atoms with E-state index in [0.717, 1.165) is 17.8 Å². The van der Waals surface area contributed by atoms with Crippen LogP contribution in [0.2, 0.25) is 0 Å². The lowest BCUT2D eigenvalue weighted by Gasteiger charge is -2.36. The highest BCUT2D eigenvalue weighted by molar-refractivity contribution is 5.88. The van der Waals surface area contributed by atoms with Gasteiger partial charge in [0.05, 0.1) is 0 Å². The summed E-state index contributed by atoms with van der Waals surface area (Å²) in [4.78, 5) is 4.97. The molecule has 2 heterocycles. The molecule has 0 bridgehead atoms. The minimum absolute atomic E-state index is 0.655. The highest BCUT2D eigenvalue weighted by atomic mass is 14.9. The minimum Gasteiger partial charge on any atom is -0.316 e. The molecule has 1 aliphatic carbocycles. The van der Waals surface area contributed by atoms with Gasteiger partial charge in [-0.3, -0.25) is 4.99 Å². The molecule has 1 saturated carbocycles. The fourth-order valence-corrected chi connectivity index (χ4v) is 3.67. The first-order chi connectivity index (χ1) is 7.36. The average molecular weight is 206 g/mol. The monoisotopic (exact) mass is 206 g/mol. The maximum atomic E-state index is 4.97. The van der Waals surface area contributed by atoms with Gasteiger partial charge < -0.3 is 5.32 Å². The second-order valence-electron chi connectivity index (χ2n) is 5.58. The molecule has 2 nitrogen and oxygen atoms in total. The van der Waals surface area contributed by atoms with E-state index in [0.29, 0.717) is 6.04 Å². The zero-order chi connectivity index (χ0) is 10.3. The van der Waals surface area contributed by atoms with Crippen LogP contribution in [0, 0.1) is 17.8 Å². The molecular weight excluding hydrogens is 184 g/mol. The van der Waals surface area contributed by atoms with Gasteiger partial charge in [0.25, 0.3) is 0 Å². The third-order valence-corrected chi connectivity index (χ3v) is 4.68. The summed E-state index contributed by atoms with van der Waals surface area (Å²) in [6, 6.07) is 0.655. The third kappa shape index (κ3) is 1.73. The largest absolute Gasteiger partial charge is 0.316 e. The van der Waals surface area contributed by atoms with Crippen molar-refractivity contribution in [2.24, 2.45) is 22.7 Å². The standard InChI is InChI=1S/C13H22N2/c1-2-12-4-3-9-5-10-7-14-8-11(10)6-13(9)15-12/h9-12,14H,2-8H2,1H3/t9?,10-,11-,12?/m1/s1. The summed E-state index contributed by atoms with van der Waals surface area (Å²) in [5.74, 6) is 2.73. The van der Waals surface area contributed by atoms with Gasteiger partial charge in [-0.2, -0.15) is 0 Å². The second kappa shape index (κ2) is 3.89. The Morgan fingerprint density at radius 1 is 1.27 bits per heavy atom. The Morgan fingerprint density at radius 3 is 3.00 bits per heavy atom. The predicted molar refractivity (Wildman–Crippen MR) is 63.3 cm³/mol. The SMILES string of the molecule is CCC1CCC2C[C@@H]3CNC[C@H]3CC2=N1. The van der Waals surface area contributed by atoms with Gasteiger partial charge in [0.1, 0.15) is 0 Å². The van der Waals surface area contributed by atoms with E-state index in [2.05, 4.69) is 12.2 Å². The lowest BCUT2D eigenvalue weighted by Crippen LogP contribution is -2.35. The van der Waals surface area contributed by atoms with Gasteiger partial charge >= 0.3 is 0 Å². The van der Waals surface area contributed by atoms with Crippen LogP contribution in [0.1, 0.15) is 39.0 Å². The van der Waals surface area contributed by atoms with Crippen LogP contribution >= 0.6 is 0 Å². The fraction of sp³-hybridized carbons (Fsp3) is 0.923. The van der Waals surface area contributed by atoms with E-state index in [1.54, 1.807) is 5.71 Å². The van der Waals surface area contributed by atoms with Gasteiger partial charge in [0, 0.05) is 11.8 Å². The fourth-order valence-electron chi connectivity index (χ4n) is 3.67. The smallest absolute Gasteiger partial charge is 0.0496 e. The molecule has 3 aliphatic rings. The topological polar surface area (TPSA) is 24.4 Å². The summed E-state index contributed by atoms with van der Waals surface area (Å²) in [5.41, 5.74) is 1.58. The number of nitrogens with one attached hydrogen (secondary N) is 1. The zero-order valence-electron chi connectivity index (χ0n) is 9.71. The average Bonchev–Trinajstić information content (AvgIpc) is 2.72. The van der Waals surface area contributed by atoms with Gasteiger partial charge in [0.2, 0.25) is 0 Å². The Balaban J connectivity index is 1.77. The summed E-state index contributed by atoms with van der Waals surface area (Å²) in [6.45, 7) is 4.79. The summed E-state index contributed by atoms with van der Waals surface area (Å²) in [7, 11) is 0. The molecule has 0 aromatic rings. The molecule has 0 aromatic carbocycles. The third-order valence-electron chi connectivity index (χ3n) is 4.68. The first kappa shape index (κ1) is 9.83. The summed E-state index contributed by atoms with van der Waals surface area (Å²) >= 11 is 0. The van der Waals surface area contributed by atoms with Crippen molar-refractivity contribution in [3.05, 3.63) is 0 Å². The summed E-state index contributed by atoms with van der Waals surface area (Å²) in [6.07, 6.45) is 6.73. The van der Waals surface area contributed by atoms with Crippen LogP contribution in [-0.2, 0) is 0 Å². The van der Waals surface area contributed by atoms with Gasteiger partial charge in [0.15, 0.2) is 0 Å². The molecule has 0 spiro atoms. The normalized spacial score (nSPS) is 44.5. The van der Waals surface area contributed by atoms with E-state index in [1.165, 1.54) is 45.2 Å². The highest BCUT2D eigenvalue weighted by Gasteiger charge is 2.38. The van der Waals surface area contributed by atoms with Gasteiger partial charge in [-0.25, -0.2) is 0 Å².